The van der Waals surface area contributed by atoms with E-state index < -0.39 is 18.8 Å². The standard InChI is InChI=1S/C24H21N5O4.BF4/c1-24(2)19(18(15-27)23(33-24)17(13-25)14-26)9-7-16-8-10-20(29-28)21(12-16)32-11-5-3-4-6-22(30)31;2-1(3,4)5/h7-10,12H,3-6,11H2,1-2H3;/q;-1/p+1/b9-7+;. The summed E-state index contributed by atoms with van der Waals surface area (Å²) in [6.07, 6.45) is 5.42. The normalized spacial score (nSPS) is 13.8. The highest BCUT2D eigenvalue weighted by Gasteiger charge is 2.38. The molecular formula is C24H22BF4N5O4. The van der Waals surface area contributed by atoms with Crippen molar-refractivity contribution in [3.8, 4) is 24.0 Å². The molecule has 0 fully saturated rings. The van der Waals surface area contributed by atoms with E-state index in [-0.39, 0.29) is 29.0 Å². The van der Waals surface area contributed by atoms with Crippen LogP contribution in [0.3, 0.4) is 0 Å². The van der Waals surface area contributed by atoms with Gasteiger partial charge in [0.25, 0.3) is 0 Å². The minimum atomic E-state index is -6.00. The lowest BCUT2D eigenvalue weighted by atomic mass is 9.94. The number of rotatable bonds is 9. The summed E-state index contributed by atoms with van der Waals surface area (Å²) in [4.78, 5) is 13.8. The number of aliphatic carboxylic acids is 1. The Labute approximate surface area is 216 Å². The third-order valence-corrected chi connectivity index (χ3v) is 4.89. The van der Waals surface area contributed by atoms with Gasteiger partial charge in [0.15, 0.2) is 16.3 Å². The number of benzene rings is 1. The molecule has 14 heteroatoms. The first kappa shape index (κ1) is 31.2. The second kappa shape index (κ2) is 14.1. The van der Waals surface area contributed by atoms with E-state index in [4.69, 9.17) is 25.1 Å². The van der Waals surface area contributed by atoms with Gasteiger partial charge in [-0.2, -0.15) is 15.8 Å². The van der Waals surface area contributed by atoms with Gasteiger partial charge in [-0.1, -0.05) is 12.2 Å². The zero-order valence-electron chi connectivity index (χ0n) is 20.4. The molecule has 1 aliphatic heterocycles. The Balaban J connectivity index is 0.00000132. The van der Waals surface area contributed by atoms with Crippen LogP contribution in [0.2, 0.25) is 0 Å². The Morgan fingerprint density at radius 3 is 2.29 bits per heavy atom. The third kappa shape index (κ3) is 10.0. The molecule has 0 spiro atoms. The van der Waals surface area contributed by atoms with Crippen LogP contribution in [-0.2, 0) is 9.53 Å². The number of nitriles is 3. The molecule has 0 amide bonds. The molecular weight excluding hydrogens is 509 g/mol. The number of unbranched alkanes of at least 4 members (excludes halogenated alkanes) is 2. The van der Waals surface area contributed by atoms with Crippen molar-refractivity contribution < 1.29 is 36.6 Å². The summed E-state index contributed by atoms with van der Waals surface area (Å²) in [6, 6.07) is 10.5. The molecule has 1 heterocycles. The molecule has 0 aromatic heterocycles. The van der Waals surface area contributed by atoms with Crippen LogP contribution < -0.4 is 4.74 Å². The van der Waals surface area contributed by atoms with Gasteiger partial charge in [-0.3, -0.25) is 4.79 Å². The molecule has 0 radical (unpaired) electrons. The predicted molar refractivity (Wildman–Crippen MR) is 128 cm³/mol. The molecule has 0 unspecified atom stereocenters. The van der Waals surface area contributed by atoms with E-state index in [9.17, 15) is 32.7 Å². The number of carboxylic acids is 1. The number of halogens is 4. The molecule has 0 aliphatic carbocycles. The highest BCUT2D eigenvalue weighted by molar-refractivity contribution is 6.50. The number of diazo groups is 1. The maximum atomic E-state index is 10.6. The number of carbonyl (C=O) groups is 1. The van der Waals surface area contributed by atoms with Gasteiger partial charge in [-0.15, -0.1) is 0 Å². The van der Waals surface area contributed by atoms with Gasteiger partial charge in [0, 0.05) is 18.1 Å². The molecule has 1 aliphatic rings. The van der Waals surface area contributed by atoms with Crippen molar-refractivity contribution in [3.05, 3.63) is 57.3 Å². The number of nitrogens with zero attached hydrogens (tertiary/aromatic N) is 5. The van der Waals surface area contributed by atoms with Crippen LogP contribution in [0.5, 0.6) is 5.75 Å². The second-order valence-corrected chi connectivity index (χ2v) is 8.15. The van der Waals surface area contributed by atoms with Gasteiger partial charge in [0.05, 0.1) is 6.61 Å². The number of hydrogen-bond acceptors (Lipinski definition) is 7. The van der Waals surface area contributed by atoms with E-state index in [1.807, 2.05) is 6.07 Å². The van der Waals surface area contributed by atoms with Crippen LogP contribution in [-0.4, -0.2) is 30.5 Å². The Kier molecular flexibility index (Phi) is 11.5. The molecule has 0 bridgehead atoms. The van der Waals surface area contributed by atoms with Gasteiger partial charge in [0.2, 0.25) is 11.1 Å². The number of ether oxygens (including phenoxy) is 2. The summed E-state index contributed by atoms with van der Waals surface area (Å²) in [7, 11) is -6.00. The average molecular weight is 531 g/mol. The molecule has 2 rings (SSSR count). The topological polar surface area (TPSA) is 155 Å². The van der Waals surface area contributed by atoms with Crippen LogP contribution in [0.4, 0.5) is 23.0 Å². The maximum Gasteiger partial charge on any atom is 0.673 e. The fraction of sp³-hybridized carbons (Fsp3) is 0.333. The van der Waals surface area contributed by atoms with Crippen molar-refractivity contribution in [3.63, 3.8) is 0 Å². The molecule has 1 N–H and O–H groups in total. The minimum absolute atomic E-state index is 0.0338. The summed E-state index contributed by atoms with van der Waals surface area (Å²) in [5, 5.41) is 45.8. The lowest BCUT2D eigenvalue weighted by molar-refractivity contribution is -0.137. The number of allylic oxidation sites excluding steroid dienone is 2. The fourth-order valence-electron chi connectivity index (χ4n) is 3.23. The molecule has 0 atom stereocenters. The van der Waals surface area contributed by atoms with Crippen molar-refractivity contribution >= 4 is 25.0 Å². The van der Waals surface area contributed by atoms with E-state index in [1.165, 1.54) is 0 Å². The molecule has 38 heavy (non-hydrogen) atoms. The lowest BCUT2D eigenvalue weighted by Crippen LogP contribution is -2.20. The first-order chi connectivity index (χ1) is 17.8. The largest absolute Gasteiger partial charge is 0.673 e. The van der Waals surface area contributed by atoms with Gasteiger partial charge in [-0.05, 0) is 50.8 Å². The summed E-state index contributed by atoms with van der Waals surface area (Å²) in [5.41, 5.74) is 0.384. The van der Waals surface area contributed by atoms with Gasteiger partial charge >= 0.3 is 18.9 Å². The predicted octanol–water partition coefficient (Wildman–Crippen LogP) is 6.44. The van der Waals surface area contributed by atoms with Crippen LogP contribution >= 0.6 is 0 Å². The van der Waals surface area contributed by atoms with E-state index >= 15 is 0 Å². The molecule has 0 saturated heterocycles. The van der Waals surface area contributed by atoms with Crippen LogP contribution in [0.1, 0.15) is 45.1 Å². The minimum Gasteiger partial charge on any atom is -0.486 e. The van der Waals surface area contributed by atoms with Gasteiger partial charge in [-0.25, -0.2) is 0 Å². The van der Waals surface area contributed by atoms with Crippen LogP contribution in [0.25, 0.3) is 11.1 Å². The van der Waals surface area contributed by atoms with Gasteiger partial charge in [0.1, 0.15) is 29.4 Å². The second-order valence-electron chi connectivity index (χ2n) is 8.15. The fourth-order valence-corrected chi connectivity index (χ4v) is 3.23. The zero-order chi connectivity index (χ0) is 28.9. The molecule has 1 aromatic carbocycles. The van der Waals surface area contributed by atoms with Crippen molar-refractivity contribution in [2.45, 2.75) is 45.1 Å². The maximum absolute atomic E-state index is 10.6. The van der Waals surface area contributed by atoms with E-state index in [0.717, 1.165) is 0 Å². The Morgan fingerprint density at radius 2 is 1.76 bits per heavy atom. The van der Waals surface area contributed by atoms with E-state index in [2.05, 4.69) is 4.98 Å². The van der Waals surface area contributed by atoms with Crippen molar-refractivity contribution in [2.75, 3.05) is 6.61 Å². The first-order valence-corrected chi connectivity index (χ1v) is 11.0. The molecule has 1 aromatic rings. The molecule has 0 saturated carbocycles. The number of carboxylic acid groups (broad SMARTS) is 1. The first-order valence-electron chi connectivity index (χ1n) is 11.0. The molecule has 198 valence electrons. The Bertz CT molecular complexity index is 1290. The number of hydrogen-bond donors (Lipinski definition) is 1. The smallest absolute Gasteiger partial charge is 0.486 e. The lowest BCUT2D eigenvalue weighted by Gasteiger charge is -2.20. The SMILES string of the molecule is CC1(C)OC(=C(C#N)C#N)C(C#N)=C1/C=C/c1ccc([N+]#N)c(OCCCCCC(=O)O)c1.F[B-](F)(F)F. The van der Waals surface area contributed by atoms with E-state index in [0.29, 0.717) is 42.8 Å². The summed E-state index contributed by atoms with van der Waals surface area (Å²) >= 11 is 0. The summed E-state index contributed by atoms with van der Waals surface area (Å²) in [5.74, 6) is -0.513. The van der Waals surface area contributed by atoms with E-state index in [1.54, 1.807) is 56.3 Å². The van der Waals surface area contributed by atoms with Crippen LogP contribution in [0.15, 0.2) is 46.8 Å². The molecule has 9 nitrogen and oxygen atoms in total. The highest BCUT2D eigenvalue weighted by atomic mass is 19.5. The van der Waals surface area contributed by atoms with Crippen molar-refractivity contribution in [1.29, 1.82) is 21.2 Å². The third-order valence-electron chi connectivity index (χ3n) is 4.89. The summed E-state index contributed by atoms with van der Waals surface area (Å²) < 4.78 is 50.4. The monoisotopic (exact) mass is 531 g/mol. The quantitative estimate of drug-likeness (QED) is 0.126. The van der Waals surface area contributed by atoms with Crippen molar-refractivity contribution in [2.24, 2.45) is 0 Å². The Hall–Kier alpha value is -4.82. The average Bonchev–Trinajstić information content (AvgIpc) is 3.08. The van der Waals surface area contributed by atoms with Gasteiger partial charge < -0.3 is 31.8 Å². The van der Waals surface area contributed by atoms with Crippen molar-refractivity contribution in [1.82, 2.24) is 0 Å². The zero-order valence-corrected chi connectivity index (χ0v) is 20.4. The van der Waals surface area contributed by atoms with Crippen LogP contribution in [0, 0.1) is 39.4 Å². The summed E-state index contributed by atoms with van der Waals surface area (Å²) in [6.45, 7) is 3.80. The Morgan fingerprint density at radius 1 is 1.13 bits per heavy atom. The highest BCUT2D eigenvalue weighted by Crippen LogP contribution is 2.40.